The van der Waals surface area contributed by atoms with E-state index in [1.807, 2.05) is 0 Å². The van der Waals surface area contributed by atoms with Crippen LogP contribution in [0.5, 0.6) is 0 Å². The predicted octanol–water partition coefficient (Wildman–Crippen LogP) is 1.06. The molecule has 0 unspecified atom stereocenters. The topological polar surface area (TPSA) is 46.2 Å². The third-order valence-corrected chi connectivity index (χ3v) is 1.98. The molecule has 1 aliphatic carbocycles. The molecule has 0 amide bonds. The van der Waals surface area contributed by atoms with Crippen LogP contribution in [0.4, 0.5) is 0 Å². The Bertz CT molecular complexity index is 79.7. The van der Waals surface area contributed by atoms with Crippen LogP contribution in [0.25, 0.3) is 0 Å². The van der Waals surface area contributed by atoms with Gasteiger partial charge < -0.3 is 10.8 Å². The summed E-state index contributed by atoms with van der Waals surface area (Å²) in [6.07, 6.45) is 4.98. The Labute approximate surface area is 68.2 Å². The maximum absolute atomic E-state index is 9.15. The Hall–Kier alpha value is 0.210. The van der Waals surface area contributed by atoms with E-state index in [1.54, 1.807) is 0 Å². The summed E-state index contributed by atoms with van der Waals surface area (Å²) < 4.78 is 0. The van der Waals surface area contributed by atoms with Gasteiger partial charge in [0.15, 0.2) is 0 Å². The standard InChI is InChI=1S/C7H15NO.ClH/c8-6-2-1-3-7(9)5-4-6;/h6-7,9H,1-5,8H2;1H/t6-,7+;/m0./s1. The first-order valence-corrected chi connectivity index (χ1v) is 3.72. The van der Waals surface area contributed by atoms with E-state index in [9.17, 15) is 0 Å². The van der Waals surface area contributed by atoms with Gasteiger partial charge in [-0.2, -0.15) is 0 Å². The molecule has 0 aromatic rings. The third-order valence-electron chi connectivity index (χ3n) is 1.98. The minimum atomic E-state index is -0.0708. The van der Waals surface area contributed by atoms with Gasteiger partial charge in [0.05, 0.1) is 6.10 Å². The van der Waals surface area contributed by atoms with Crippen molar-refractivity contribution in [2.45, 2.75) is 44.2 Å². The molecule has 3 heteroatoms. The van der Waals surface area contributed by atoms with Gasteiger partial charge in [-0.3, -0.25) is 0 Å². The molecule has 0 saturated heterocycles. The van der Waals surface area contributed by atoms with E-state index >= 15 is 0 Å². The summed E-state index contributed by atoms with van der Waals surface area (Å²) in [6, 6.07) is 0.349. The lowest BCUT2D eigenvalue weighted by molar-refractivity contribution is 0.157. The van der Waals surface area contributed by atoms with Crippen molar-refractivity contribution in [3.8, 4) is 0 Å². The molecule has 0 bridgehead atoms. The Kier molecular flexibility index (Phi) is 5.04. The van der Waals surface area contributed by atoms with Crippen LogP contribution in [0.2, 0.25) is 0 Å². The molecule has 1 aliphatic rings. The summed E-state index contributed by atoms with van der Waals surface area (Å²) in [4.78, 5) is 0. The minimum Gasteiger partial charge on any atom is -0.393 e. The predicted molar refractivity (Wildman–Crippen MR) is 44.3 cm³/mol. The summed E-state index contributed by atoms with van der Waals surface area (Å²) >= 11 is 0. The fraction of sp³-hybridized carbons (Fsp3) is 1.00. The number of hydrogen-bond donors (Lipinski definition) is 2. The molecule has 62 valence electrons. The number of aliphatic hydroxyl groups is 1. The van der Waals surface area contributed by atoms with Crippen LogP contribution in [0.15, 0.2) is 0 Å². The molecule has 0 spiro atoms. The average molecular weight is 166 g/mol. The highest BCUT2D eigenvalue weighted by Gasteiger charge is 2.12. The largest absolute Gasteiger partial charge is 0.393 e. The molecule has 1 fully saturated rings. The molecule has 0 aromatic carbocycles. The van der Waals surface area contributed by atoms with E-state index in [4.69, 9.17) is 10.8 Å². The zero-order chi connectivity index (χ0) is 6.69. The molecule has 0 aromatic heterocycles. The lowest BCUT2D eigenvalue weighted by Gasteiger charge is -2.05. The van der Waals surface area contributed by atoms with Gasteiger partial charge in [-0.05, 0) is 32.1 Å². The van der Waals surface area contributed by atoms with Crippen LogP contribution < -0.4 is 5.73 Å². The van der Waals surface area contributed by atoms with E-state index < -0.39 is 0 Å². The van der Waals surface area contributed by atoms with Crippen LogP contribution in [0, 0.1) is 0 Å². The third kappa shape index (κ3) is 3.40. The Morgan fingerprint density at radius 1 is 1.10 bits per heavy atom. The van der Waals surface area contributed by atoms with Crippen molar-refractivity contribution in [1.82, 2.24) is 0 Å². The number of halogens is 1. The van der Waals surface area contributed by atoms with Gasteiger partial charge in [0.2, 0.25) is 0 Å². The van der Waals surface area contributed by atoms with Gasteiger partial charge in [-0.1, -0.05) is 0 Å². The SMILES string of the molecule is Cl.N[C@H]1CCC[C@@H](O)CC1. The second kappa shape index (κ2) is 4.94. The van der Waals surface area contributed by atoms with E-state index in [1.165, 1.54) is 0 Å². The van der Waals surface area contributed by atoms with Crippen molar-refractivity contribution in [1.29, 1.82) is 0 Å². The lowest BCUT2D eigenvalue weighted by atomic mass is 10.1. The van der Waals surface area contributed by atoms with Gasteiger partial charge in [0.25, 0.3) is 0 Å². The van der Waals surface area contributed by atoms with Crippen molar-refractivity contribution < 1.29 is 5.11 Å². The number of hydrogen-bond acceptors (Lipinski definition) is 2. The molecular formula is C7H16ClNO. The summed E-state index contributed by atoms with van der Waals surface area (Å²) in [6.45, 7) is 0. The van der Waals surface area contributed by atoms with Crippen LogP contribution in [-0.4, -0.2) is 17.3 Å². The van der Waals surface area contributed by atoms with Crippen molar-refractivity contribution in [2.24, 2.45) is 5.73 Å². The summed E-state index contributed by atoms with van der Waals surface area (Å²) in [7, 11) is 0. The molecular weight excluding hydrogens is 150 g/mol. The first-order chi connectivity index (χ1) is 4.29. The zero-order valence-electron chi connectivity index (χ0n) is 6.12. The normalized spacial score (nSPS) is 34.2. The highest BCUT2D eigenvalue weighted by atomic mass is 35.5. The first kappa shape index (κ1) is 10.2. The van der Waals surface area contributed by atoms with Crippen molar-refractivity contribution >= 4 is 12.4 Å². The van der Waals surface area contributed by atoms with Crippen LogP contribution in [0.3, 0.4) is 0 Å². The second-order valence-electron chi connectivity index (χ2n) is 2.92. The van der Waals surface area contributed by atoms with Crippen LogP contribution in [-0.2, 0) is 0 Å². The van der Waals surface area contributed by atoms with E-state index in [-0.39, 0.29) is 18.5 Å². The molecule has 3 N–H and O–H groups in total. The Morgan fingerprint density at radius 2 is 1.80 bits per heavy atom. The molecule has 0 heterocycles. The highest BCUT2D eigenvalue weighted by Crippen LogP contribution is 2.15. The molecule has 0 aliphatic heterocycles. The van der Waals surface area contributed by atoms with Gasteiger partial charge in [-0.25, -0.2) is 0 Å². The highest BCUT2D eigenvalue weighted by molar-refractivity contribution is 5.85. The van der Waals surface area contributed by atoms with Crippen LogP contribution >= 0.6 is 12.4 Å². The maximum Gasteiger partial charge on any atom is 0.0540 e. The van der Waals surface area contributed by atoms with Gasteiger partial charge >= 0.3 is 0 Å². The Balaban J connectivity index is 0.000000810. The summed E-state index contributed by atoms with van der Waals surface area (Å²) in [5.74, 6) is 0. The smallest absolute Gasteiger partial charge is 0.0540 e. The number of aliphatic hydroxyl groups excluding tert-OH is 1. The average Bonchev–Trinajstić information content (AvgIpc) is 1.97. The van der Waals surface area contributed by atoms with E-state index in [2.05, 4.69) is 0 Å². The van der Waals surface area contributed by atoms with Crippen molar-refractivity contribution in [3.05, 3.63) is 0 Å². The Morgan fingerprint density at radius 3 is 2.50 bits per heavy atom. The molecule has 1 saturated carbocycles. The van der Waals surface area contributed by atoms with Gasteiger partial charge in [0, 0.05) is 6.04 Å². The summed E-state index contributed by atoms with van der Waals surface area (Å²) in [5.41, 5.74) is 5.69. The lowest BCUT2D eigenvalue weighted by Crippen LogP contribution is -2.18. The number of rotatable bonds is 0. The second-order valence-corrected chi connectivity index (χ2v) is 2.92. The molecule has 2 nitrogen and oxygen atoms in total. The van der Waals surface area contributed by atoms with Crippen molar-refractivity contribution in [3.63, 3.8) is 0 Å². The van der Waals surface area contributed by atoms with E-state index in [0.29, 0.717) is 6.04 Å². The van der Waals surface area contributed by atoms with Gasteiger partial charge in [-0.15, -0.1) is 12.4 Å². The molecule has 10 heavy (non-hydrogen) atoms. The number of nitrogens with two attached hydrogens (primary N) is 1. The summed E-state index contributed by atoms with van der Waals surface area (Å²) in [5, 5.41) is 9.15. The monoisotopic (exact) mass is 165 g/mol. The van der Waals surface area contributed by atoms with E-state index in [0.717, 1.165) is 32.1 Å². The van der Waals surface area contributed by atoms with Crippen molar-refractivity contribution in [2.75, 3.05) is 0 Å². The molecule has 0 radical (unpaired) electrons. The zero-order valence-corrected chi connectivity index (χ0v) is 6.94. The fourth-order valence-corrected chi connectivity index (χ4v) is 1.31. The first-order valence-electron chi connectivity index (χ1n) is 3.72. The van der Waals surface area contributed by atoms with Gasteiger partial charge in [0.1, 0.15) is 0 Å². The molecule has 1 rings (SSSR count). The quantitative estimate of drug-likeness (QED) is 0.528. The maximum atomic E-state index is 9.15. The van der Waals surface area contributed by atoms with Crippen LogP contribution in [0.1, 0.15) is 32.1 Å². The molecule has 2 atom stereocenters. The minimum absolute atomic E-state index is 0. The fourth-order valence-electron chi connectivity index (χ4n) is 1.31.